The number of piperidine rings is 1. The van der Waals surface area contributed by atoms with E-state index in [1.165, 1.54) is 19.3 Å². The normalized spacial score (nSPS) is 19.1. The van der Waals surface area contributed by atoms with Crippen molar-refractivity contribution in [3.8, 4) is 0 Å². The monoisotopic (exact) mass is 414 g/mol. The van der Waals surface area contributed by atoms with Crippen LogP contribution in [0.15, 0.2) is 10.6 Å². The number of rotatable bonds is 6. The molecule has 0 unspecified atom stereocenters. The number of hydrogen-bond acceptors (Lipinski definition) is 6. The average molecular weight is 415 g/mol. The van der Waals surface area contributed by atoms with Gasteiger partial charge in [-0.1, -0.05) is 11.6 Å². The van der Waals surface area contributed by atoms with Crippen LogP contribution in [0.3, 0.4) is 0 Å². The SMILES string of the molecule is Cc1onc(C(=O)N[C@H]2Cc3cc(C(=O)NC(C)C)nn3C2)c1CN1CCCCC1. The molecule has 0 radical (unpaired) electrons. The number of amides is 2. The largest absolute Gasteiger partial charge is 0.361 e. The molecule has 2 amide bonds. The maximum absolute atomic E-state index is 12.9. The summed E-state index contributed by atoms with van der Waals surface area (Å²) in [5.74, 6) is 0.311. The van der Waals surface area contributed by atoms with Gasteiger partial charge in [0.25, 0.3) is 11.8 Å². The van der Waals surface area contributed by atoms with Gasteiger partial charge in [0.15, 0.2) is 5.69 Å². The molecule has 1 saturated heterocycles. The van der Waals surface area contributed by atoms with Crippen LogP contribution in [0, 0.1) is 6.92 Å². The predicted octanol–water partition coefficient (Wildman–Crippen LogP) is 1.66. The minimum atomic E-state index is -0.215. The highest BCUT2D eigenvalue weighted by Crippen LogP contribution is 2.21. The highest BCUT2D eigenvalue weighted by atomic mass is 16.5. The third-order valence-corrected chi connectivity index (χ3v) is 5.73. The smallest absolute Gasteiger partial charge is 0.274 e. The fourth-order valence-electron chi connectivity index (χ4n) is 4.20. The summed E-state index contributed by atoms with van der Waals surface area (Å²) >= 11 is 0. The zero-order chi connectivity index (χ0) is 21.3. The number of nitrogens with one attached hydrogen (secondary N) is 2. The van der Waals surface area contributed by atoms with Gasteiger partial charge >= 0.3 is 0 Å². The lowest BCUT2D eigenvalue weighted by molar-refractivity contribution is 0.0916. The summed E-state index contributed by atoms with van der Waals surface area (Å²) in [6.07, 6.45) is 4.28. The summed E-state index contributed by atoms with van der Waals surface area (Å²) in [6, 6.07) is 1.78. The Labute approximate surface area is 176 Å². The number of hydrogen-bond donors (Lipinski definition) is 2. The van der Waals surface area contributed by atoms with E-state index in [-0.39, 0.29) is 23.9 Å². The first-order chi connectivity index (χ1) is 14.4. The van der Waals surface area contributed by atoms with Crippen LogP contribution in [0.5, 0.6) is 0 Å². The van der Waals surface area contributed by atoms with Crippen molar-refractivity contribution in [1.29, 1.82) is 0 Å². The molecule has 2 N–H and O–H groups in total. The maximum Gasteiger partial charge on any atom is 0.274 e. The molecule has 0 spiro atoms. The van der Waals surface area contributed by atoms with E-state index in [0.717, 1.165) is 24.3 Å². The number of aryl methyl sites for hydroxylation is 1. The third kappa shape index (κ3) is 4.40. The Kier molecular flexibility index (Phi) is 5.90. The summed E-state index contributed by atoms with van der Waals surface area (Å²) in [4.78, 5) is 27.4. The Hall–Kier alpha value is -2.68. The number of likely N-dealkylation sites (tertiary alicyclic amines) is 1. The second-order valence-electron chi connectivity index (χ2n) is 8.61. The maximum atomic E-state index is 12.9. The van der Waals surface area contributed by atoms with E-state index in [1.807, 2.05) is 20.8 Å². The van der Waals surface area contributed by atoms with Gasteiger partial charge < -0.3 is 15.2 Å². The molecule has 4 rings (SSSR count). The van der Waals surface area contributed by atoms with Crippen molar-refractivity contribution in [1.82, 2.24) is 30.5 Å². The number of fused-ring (bicyclic) bond motifs is 1. The minimum absolute atomic E-state index is 0.0612. The van der Waals surface area contributed by atoms with Crippen molar-refractivity contribution in [2.24, 2.45) is 0 Å². The molecule has 0 aliphatic carbocycles. The third-order valence-electron chi connectivity index (χ3n) is 5.73. The van der Waals surface area contributed by atoms with Gasteiger partial charge in [0.05, 0.1) is 12.6 Å². The van der Waals surface area contributed by atoms with E-state index in [0.29, 0.717) is 36.7 Å². The van der Waals surface area contributed by atoms with E-state index in [4.69, 9.17) is 4.52 Å². The second-order valence-corrected chi connectivity index (χ2v) is 8.61. The van der Waals surface area contributed by atoms with Crippen LogP contribution >= 0.6 is 0 Å². The van der Waals surface area contributed by atoms with Crippen molar-refractivity contribution in [3.05, 3.63) is 34.5 Å². The molecule has 2 aliphatic heterocycles. The molecule has 0 aromatic carbocycles. The molecule has 4 heterocycles. The van der Waals surface area contributed by atoms with Crippen LogP contribution in [0.1, 0.15) is 71.1 Å². The lowest BCUT2D eigenvalue weighted by Gasteiger charge is -2.26. The summed E-state index contributed by atoms with van der Waals surface area (Å²) in [5, 5.41) is 14.3. The fourth-order valence-corrected chi connectivity index (χ4v) is 4.20. The Balaban J connectivity index is 1.38. The highest BCUT2D eigenvalue weighted by molar-refractivity contribution is 5.94. The van der Waals surface area contributed by atoms with Crippen molar-refractivity contribution >= 4 is 11.8 Å². The molecule has 162 valence electrons. The highest BCUT2D eigenvalue weighted by Gasteiger charge is 2.29. The summed E-state index contributed by atoms with van der Waals surface area (Å²) in [5.41, 5.74) is 2.61. The summed E-state index contributed by atoms with van der Waals surface area (Å²) in [6.45, 7) is 9.01. The first-order valence-corrected chi connectivity index (χ1v) is 10.8. The Bertz CT molecular complexity index is 902. The molecular weight excluding hydrogens is 384 g/mol. The number of carbonyl (C=O) groups is 2. The molecule has 1 fully saturated rings. The molecule has 2 aromatic heterocycles. The van der Waals surface area contributed by atoms with Gasteiger partial charge in [-0.3, -0.25) is 19.2 Å². The molecule has 2 aromatic rings. The molecule has 1 atom stereocenters. The van der Waals surface area contributed by atoms with Gasteiger partial charge in [-0.15, -0.1) is 0 Å². The summed E-state index contributed by atoms with van der Waals surface area (Å²) < 4.78 is 7.14. The van der Waals surface area contributed by atoms with Gasteiger partial charge in [0, 0.05) is 30.3 Å². The van der Waals surface area contributed by atoms with Crippen LogP contribution in [0.4, 0.5) is 0 Å². The number of nitrogens with zero attached hydrogens (tertiary/aromatic N) is 4. The molecule has 9 heteroatoms. The number of aromatic nitrogens is 3. The second kappa shape index (κ2) is 8.59. The van der Waals surface area contributed by atoms with Crippen molar-refractivity contribution < 1.29 is 14.1 Å². The van der Waals surface area contributed by atoms with E-state index >= 15 is 0 Å². The molecule has 2 aliphatic rings. The fraction of sp³-hybridized carbons (Fsp3) is 0.619. The Morgan fingerprint density at radius 3 is 2.70 bits per heavy atom. The minimum Gasteiger partial charge on any atom is -0.361 e. The zero-order valence-corrected chi connectivity index (χ0v) is 17.9. The van der Waals surface area contributed by atoms with Crippen LogP contribution in [0.2, 0.25) is 0 Å². The first kappa shape index (κ1) is 20.6. The summed E-state index contributed by atoms with van der Waals surface area (Å²) in [7, 11) is 0. The van der Waals surface area contributed by atoms with E-state index < -0.39 is 0 Å². The standard InChI is InChI=1S/C21H30N6O3/c1-13(2)22-20(28)18-10-16-9-15(11-27(16)24-18)23-21(29)19-17(14(3)30-25-19)12-26-7-5-4-6-8-26/h10,13,15H,4-9,11-12H2,1-3H3,(H,22,28)(H,23,29)/t15-/m0/s1. The van der Waals surface area contributed by atoms with Crippen LogP contribution < -0.4 is 10.6 Å². The van der Waals surface area contributed by atoms with Crippen LogP contribution in [-0.2, 0) is 19.5 Å². The molecular formula is C21H30N6O3. The molecule has 30 heavy (non-hydrogen) atoms. The lowest BCUT2D eigenvalue weighted by Crippen LogP contribution is -2.37. The van der Waals surface area contributed by atoms with Gasteiger partial charge in [0.2, 0.25) is 0 Å². The zero-order valence-electron chi connectivity index (χ0n) is 17.9. The average Bonchev–Trinajstić information content (AvgIpc) is 3.36. The Morgan fingerprint density at radius 1 is 1.23 bits per heavy atom. The molecule has 0 bridgehead atoms. The van der Waals surface area contributed by atoms with Crippen LogP contribution in [-0.4, -0.2) is 56.8 Å². The van der Waals surface area contributed by atoms with Crippen molar-refractivity contribution in [2.45, 2.75) is 71.6 Å². The van der Waals surface area contributed by atoms with Crippen molar-refractivity contribution in [3.63, 3.8) is 0 Å². The van der Waals surface area contributed by atoms with Gasteiger partial charge in [0.1, 0.15) is 11.5 Å². The topological polar surface area (TPSA) is 105 Å². The van der Waals surface area contributed by atoms with Crippen LogP contribution in [0.25, 0.3) is 0 Å². The predicted molar refractivity (Wildman–Crippen MR) is 110 cm³/mol. The lowest BCUT2D eigenvalue weighted by atomic mass is 10.1. The van der Waals surface area contributed by atoms with Gasteiger partial charge in [-0.25, -0.2) is 0 Å². The van der Waals surface area contributed by atoms with E-state index in [9.17, 15) is 9.59 Å². The van der Waals surface area contributed by atoms with Gasteiger partial charge in [-0.2, -0.15) is 5.10 Å². The van der Waals surface area contributed by atoms with Gasteiger partial charge in [-0.05, 0) is 52.8 Å². The quantitative estimate of drug-likeness (QED) is 0.745. The molecule has 9 nitrogen and oxygen atoms in total. The molecule has 0 saturated carbocycles. The van der Waals surface area contributed by atoms with Crippen molar-refractivity contribution in [2.75, 3.05) is 13.1 Å². The van der Waals surface area contributed by atoms with E-state index in [1.54, 1.807) is 10.7 Å². The Morgan fingerprint density at radius 2 is 2.00 bits per heavy atom. The first-order valence-electron chi connectivity index (χ1n) is 10.8. The number of carbonyl (C=O) groups excluding carboxylic acids is 2. The van der Waals surface area contributed by atoms with E-state index in [2.05, 4.69) is 25.8 Å².